The van der Waals surface area contributed by atoms with Crippen LogP contribution >= 0.6 is 11.3 Å². The van der Waals surface area contributed by atoms with Gasteiger partial charge in [0, 0.05) is 0 Å². The Morgan fingerprint density at radius 3 is 2.52 bits per heavy atom. The quantitative estimate of drug-likeness (QED) is 0.260. The molecule has 0 spiro atoms. The lowest BCUT2D eigenvalue weighted by molar-refractivity contribution is -0.130. The van der Waals surface area contributed by atoms with Crippen LogP contribution in [0.2, 0.25) is 0 Å². The molecular formula is C24H18N2O6S. The molecule has 3 aromatic rings. The molecule has 8 nitrogen and oxygen atoms in total. The minimum absolute atomic E-state index is 0.0249. The maximum atomic E-state index is 12.9. The molecular weight excluding hydrogens is 444 g/mol. The van der Waals surface area contributed by atoms with Gasteiger partial charge in [0.1, 0.15) is 10.5 Å². The molecule has 1 aliphatic heterocycles. The molecule has 1 saturated heterocycles. The molecule has 1 fully saturated rings. The van der Waals surface area contributed by atoms with E-state index in [-0.39, 0.29) is 23.6 Å². The molecule has 1 N–H and O–H groups in total. The number of hydrogen-bond donors (Lipinski definition) is 1. The highest BCUT2D eigenvalue weighted by Crippen LogP contribution is 2.30. The standard InChI is InChI=1S/C24H18N2O6S/c1-31-19-13-16(9-10-18(19)32-23(29)20-8-5-11-33-20)12-17-21(27)25-24(30)26(22(17)28)14-15-6-3-2-4-7-15/h2-13H,14H2,1H3,(H,25,27,30)/b17-12+. The summed E-state index contributed by atoms with van der Waals surface area (Å²) in [5.41, 5.74) is 1.000. The number of carbonyl (C=O) groups excluding carboxylic acids is 4. The summed E-state index contributed by atoms with van der Waals surface area (Å²) >= 11 is 1.25. The molecule has 9 heteroatoms. The summed E-state index contributed by atoms with van der Waals surface area (Å²) in [6, 6.07) is 16.2. The van der Waals surface area contributed by atoms with Gasteiger partial charge in [-0.05, 0) is 40.8 Å². The van der Waals surface area contributed by atoms with Crippen LogP contribution < -0.4 is 14.8 Å². The minimum Gasteiger partial charge on any atom is -0.493 e. The van der Waals surface area contributed by atoms with Crippen LogP contribution in [-0.2, 0) is 16.1 Å². The number of urea groups is 1. The molecule has 4 amide bonds. The predicted octanol–water partition coefficient (Wildman–Crippen LogP) is 3.64. The first-order valence-corrected chi connectivity index (χ1v) is 10.7. The number of barbiturate groups is 1. The van der Waals surface area contributed by atoms with E-state index in [9.17, 15) is 19.2 Å². The topological polar surface area (TPSA) is 102 Å². The Morgan fingerprint density at radius 2 is 1.82 bits per heavy atom. The van der Waals surface area contributed by atoms with Crippen LogP contribution in [0.5, 0.6) is 11.5 Å². The number of amides is 4. The molecule has 166 valence electrons. The highest BCUT2D eigenvalue weighted by atomic mass is 32.1. The number of rotatable bonds is 6. The van der Waals surface area contributed by atoms with Gasteiger partial charge in [-0.25, -0.2) is 9.59 Å². The Morgan fingerprint density at radius 1 is 1.03 bits per heavy atom. The van der Waals surface area contributed by atoms with E-state index in [0.29, 0.717) is 10.4 Å². The second kappa shape index (κ2) is 9.49. The molecule has 2 aromatic carbocycles. The summed E-state index contributed by atoms with van der Waals surface area (Å²) in [7, 11) is 1.41. The second-order valence-electron chi connectivity index (χ2n) is 6.97. The Balaban J connectivity index is 1.58. The van der Waals surface area contributed by atoms with Gasteiger partial charge >= 0.3 is 12.0 Å². The highest BCUT2D eigenvalue weighted by molar-refractivity contribution is 7.12. The largest absolute Gasteiger partial charge is 0.493 e. The van der Waals surface area contributed by atoms with Crippen LogP contribution in [0.4, 0.5) is 4.79 Å². The molecule has 0 radical (unpaired) electrons. The number of benzene rings is 2. The number of thiophene rings is 1. The molecule has 0 atom stereocenters. The Hall–Kier alpha value is -4.24. The minimum atomic E-state index is -0.790. The van der Waals surface area contributed by atoms with Crippen molar-refractivity contribution in [3.05, 3.63) is 87.6 Å². The van der Waals surface area contributed by atoms with Crippen molar-refractivity contribution >= 4 is 41.2 Å². The zero-order valence-corrected chi connectivity index (χ0v) is 18.3. The van der Waals surface area contributed by atoms with Crippen molar-refractivity contribution in [1.29, 1.82) is 0 Å². The SMILES string of the molecule is COc1cc(/C=C2\C(=O)NC(=O)N(Cc3ccccc3)C2=O)ccc1OC(=O)c1cccs1. The number of hydrogen-bond acceptors (Lipinski definition) is 7. The summed E-state index contributed by atoms with van der Waals surface area (Å²) in [5.74, 6) is -1.58. The number of esters is 1. The molecule has 0 bridgehead atoms. The molecule has 4 rings (SSSR count). The lowest BCUT2D eigenvalue weighted by atomic mass is 10.1. The van der Waals surface area contributed by atoms with Gasteiger partial charge in [0.15, 0.2) is 11.5 Å². The van der Waals surface area contributed by atoms with Gasteiger partial charge in [-0.3, -0.25) is 19.8 Å². The maximum Gasteiger partial charge on any atom is 0.353 e. The smallest absolute Gasteiger partial charge is 0.353 e. The van der Waals surface area contributed by atoms with Gasteiger partial charge in [-0.2, -0.15) is 0 Å². The average molecular weight is 462 g/mol. The molecule has 33 heavy (non-hydrogen) atoms. The summed E-state index contributed by atoms with van der Waals surface area (Å²) in [6.45, 7) is 0.0249. The van der Waals surface area contributed by atoms with Crippen LogP contribution in [0.25, 0.3) is 6.08 Å². The van der Waals surface area contributed by atoms with Crippen molar-refractivity contribution in [3.63, 3.8) is 0 Å². The number of methoxy groups -OCH3 is 1. The summed E-state index contributed by atoms with van der Waals surface area (Å²) in [4.78, 5) is 51.2. The van der Waals surface area contributed by atoms with Crippen molar-refractivity contribution in [2.24, 2.45) is 0 Å². The van der Waals surface area contributed by atoms with Crippen molar-refractivity contribution in [3.8, 4) is 11.5 Å². The van der Waals surface area contributed by atoms with Gasteiger partial charge < -0.3 is 9.47 Å². The third-order valence-electron chi connectivity index (χ3n) is 4.79. The first kappa shape index (κ1) is 22.0. The third kappa shape index (κ3) is 4.83. The van der Waals surface area contributed by atoms with Crippen LogP contribution in [0, 0.1) is 0 Å². The van der Waals surface area contributed by atoms with Gasteiger partial charge in [0.05, 0.1) is 13.7 Å². The fourth-order valence-electron chi connectivity index (χ4n) is 3.17. The molecule has 0 aliphatic carbocycles. The monoisotopic (exact) mass is 462 g/mol. The Labute approximate surface area is 193 Å². The molecule has 2 heterocycles. The summed E-state index contributed by atoms with van der Waals surface area (Å²) < 4.78 is 10.7. The summed E-state index contributed by atoms with van der Waals surface area (Å²) in [5, 5.41) is 3.96. The molecule has 0 saturated carbocycles. The first-order valence-electron chi connectivity index (χ1n) is 9.83. The van der Waals surface area contributed by atoms with Crippen LogP contribution in [0.3, 0.4) is 0 Å². The van der Waals surface area contributed by atoms with Crippen molar-refractivity contribution in [2.45, 2.75) is 6.54 Å². The van der Waals surface area contributed by atoms with E-state index in [1.807, 2.05) is 6.07 Å². The highest BCUT2D eigenvalue weighted by Gasteiger charge is 2.35. The fourth-order valence-corrected chi connectivity index (χ4v) is 3.77. The summed E-state index contributed by atoms with van der Waals surface area (Å²) in [6.07, 6.45) is 1.36. The molecule has 0 unspecified atom stereocenters. The van der Waals surface area contributed by atoms with Crippen molar-refractivity contribution in [1.82, 2.24) is 10.2 Å². The fraction of sp³-hybridized carbons (Fsp3) is 0.0833. The lowest BCUT2D eigenvalue weighted by Crippen LogP contribution is -2.53. The lowest BCUT2D eigenvalue weighted by Gasteiger charge is -2.26. The maximum absolute atomic E-state index is 12.9. The van der Waals surface area contributed by atoms with E-state index in [4.69, 9.17) is 9.47 Å². The van der Waals surface area contributed by atoms with E-state index < -0.39 is 23.8 Å². The van der Waals surface area contributed by atoms with E-state index in [1.54, 1.807) is 47.8 Å². The number of carbonyl (C=O) groups is 4. The molecule has 1 aromatic heterocycles. The van der Waals surface area contributed by atoms with Gasteiger partial charge in [-0.15, -0.1) is 11.3 Å². The van der Waals surface area contributed by atoms with Crippen LogP contribution in [0.15, 0.2) is 71.6 Å². The number of nitrogens with zero attached hydrogens (tertiary/aromatic N) is 1. The predicted molar refractivity (Wildman–Crippen MR) is 121 cm³/mol. The van der Waals surface area contributed by atoms with Crippen LogP contribution in [0.1, 0.15) is 20.8 Å². The van der Waals surface area contributed by atoms with E-state index >= 15 is 0 Å². The van der Waals surface area contributed by atoms with Gasteiger partial charge in [0.25, 0.3) is 11.8 Å². The van der Waals surface area contributed by atoms with Crippen molar-refractivity contribution in [2.75, 3.05) is 7.11 Å². The zero-order valence-electron chi connectivity index (χ0n) is 17.4. The number of ether oxygens (including phenoxy) is 2. The number of imide groups is 2. The third-order valence-corrected chi connectivity index (χ3v) is 5.64. The second-order valence-corrected chi connectivity index (χ2v) is 7.92. The average Bonchev–Trinajstić information content (AvgIpc) is 3.36. The van der Waals surface area contributed by atoms with Crippen LogP contribution in [-0.4, -0.2) is 35.8 Å². The van der Waals surface area contributed by atoms with Crippen molar-refractivity contribution < 1.29 is 28.7 Å². The Kier molecular flexibility index (Phi) is 6.32. The van der Waals surface area contributed by atoms with E-state index in [0.717, 1.165) is 10.5 Å². The van der Waals surface area contributed by atoms with E-state index in [1.165, 1.54) is 36.7 Å². The number of nitrogens with one attached hydrogen (secondary N) is 1. The van der Waals surface area contributed by atoms with Gasteiger partial charge in [0.2, 0.25) is 0 Å². The van der Waals surface area contributed by atoms with Gasteiger partial charge in [-0.1, -0.05) is 42.5 Å². The normalized spacial score (nSPS) is 14.9. The zero-order chi connectivity index (χ0) is 23.4. The molecule has 1 aliphatic rings. The first-order chi connectivity index (χ1) is 16.0. The van der Waals surface area contributed by atoms with E-state index in [2.05, 4.69) is 5.32 Å². The Bertz CT molecular complexity index is 1250.